The average Bonchev–Trinajstić information content (AvgIpc) is 3.24. The molecule has 0 saturated carbocycles. The molecule has 2 amide bonds. The molecule has 1 aromatic heterocycles. The van der Waals surface area contributed by atoms with Gasteiger partial charge in [0, 0.05) is 45.3 Å². The zero-order valence-electron chi connectivity index (χ0n) is 15.8. The molecule has 0 aliphatic heterocycles. The van der Waals surface area contributed by atoms with E-state index >= 15 is 0 Å². The van der Waals surface area contributed by atoms with Crippen molar-refractivity contribution >= 4 is 50.9 Å². The van der Waals surface area contributed by atoms with Crippen LogP contribution < -0.4 is 10.6 Å². The van der Waals surface area contributed by atoms with E-state index in [0.717, 1.165) is 9.37 Å². The zero-order valence-corrected chi connectivity index (χ0v) is 18.2. The first-order valence-corrected chi connectivity index (χ1v) is 10.9. The predicted octanol–water partition coefficient (Wildman–Crippen LogP) is 4.97. The number of carbonyl (C=O) groups is 2. The fraction of sp³-hybridized carbons (Fsp3) is 0.190. The Labute approximate surface area is 182 Å². The number of nitrogens with zero attached hydrogens (tertiary/aromatic N) is 2. The smallest absolute Gasteiger partial charge is 0.248 e. The van der Waals surface area contributed by atoms with Gasteiger partial charge in [-0.2, -0.15) is 5.10 Å². The molecule has 0 saturated heterocycles. The minimum absolute atomic E-state index is 0.0667. The Morgan fingerprint density at radius 2 is 1.83 bits per heavy atom. The third-order valence-corrected chi connectivity index (χ3v) is 5.67. The van der Waals surface area contributed by atoms with Crippen LogP contribution in [0.2, 0.25) is 0 Å². The van der Waals surface area contributed by atoms with E-state index in [-0.39, 0.29) is 11.8 Å². The Morgan fingerprint density at radius 1 is 1.10 bits per heavy atom. The molecule has 2 N–H and O–H groups in total. The van der Waals surface area contributed by atoms with E-state index in [1.807, 2.05) is 24.3 Å². The highest BCUT2D eigenvalue weighted by molar-refractivity contribution is 9.10. The lowest BCUT2D eigenvalue weighted by atomic mass is 10.2. The molecule has 3 rings (SSSR count). The molecule has 0 spiro atoms. The maximum Gasteiger partial charge on any atom is 0.248 e. The predicted molar refractivity (Wildman–Crippen MR) is 120 cm³/mol. The summed E-state index contributed by atoms with van der Waals surface area (Å²) in [5.74, 6) is 0.441. The number of hydrogen-bond donors (Lipinski definition) is 2. The molecule has 0 aliphatic carbocycles. The highest BCUT2D eigenvalue weighted by atomic mass is 79.9. The first kappa shape index (κ1) is 21.1. The van der Waals surface area contributed by atoms with Gasteiger partial charge in [-0.1, -0.05) is 22.0 Å². The highest BCUT2D eigenvalue weighted by Crippen LogP contribution is 2.22. The van der Waals surface area contributed by atoms with Crippen molar-refractivity contribution < 1.29 is 9.59 Å². The molecule has 1 heterocycles. The van der Waals surface area contributed by atoms with Gasteiger partial charge in [0.05, 0.1) is 0 Å². The van der Waals surface area contributed by atoms with Crippen molar-refractivity contribution in [3.8, 4) is 0 Å². The Kier molecular flexibility index (Phi) is 7.48. The number of amides is 2. The monoisotopic (exact) mass is 472 g/mol. The quantitative estimate of drug-likeness (QED) is 0.453. The van der Waals surface area contributed by atoms with Crippen molar-refractivity contribution in [2.45, 2.75) is 24.3 Å². The van der Waals surface area contributed by atoms with Gasteiger partial charge in [0.25, 0.3) is 0 Å². The first-order chi connectivity index (χ1) is 14.0. The second-order valence-electron chi connectivity index (χ2n) is 6.33. The van der Waals surface area contributed by atoms with Crippen LogP contribution in [0.25, 0.3) is 0 Å². The minimum Gasteiger partial charge on any atom is -0.326 e. The summed E-state index contributed by atoms with van der Waals surface area (Å²) in [7, 11) is 0. The molecule has 1 atom stereocenters. The molecule has 6 nitrogen and oxygen atoms in total. The summed E-state index contributed by atoms with van der Waals surface area (Å²) in [6.45, 7) is 1.77. The van der Waals surface area contributed by atoms with E-state index in [9.17, 15) is 9.59 Å². The third kappa shape index (κ3) is 6.47. The fourth-order valence-corrected chi connectivity index (χ4v) is 3.68. The Hall–Kier alpha value is -2.58. The van der Waals surface area contributed by atoms with Crippen molar-refractivity contribution in [3.05, 3.63) is 71.5 Å². The van der Waals surface area contributed by atoms with Gasteiger partial charge in [0.15, 0.2) is 0 Å². The fourth-order valence-electron chi connectivity index (χ4n) is 2.57. The number of halogens is 1. The summed E-state index contributed by atoms with van der Waals surface area (Å²) in [6.07, 6.45) is 3.77. The summed E-state index contributed by atoms with van der Waals surface area (Å²) in [4.78, 5) is 25.7. The van der Waals surface area contributed by atoms with Crippen molar-refractivity contribution in [2.24, 2.45) is 0 Å². The summed E-state index contributed by atoms with van der Waals surface area (Å²) in [5.41, 5.74) is 1.27. The molecule has 0 aliphatic rings. The second kappa shape index (κ2) is 10.3. The van der Waals surface area contributed by atoms with Gasteiger partial charge in [-0.15, -0.1) is 11.8 Å². The molecular weight excluding hydrogens is 452 g/mol. The minimum atomic E-state index is -0.432. The van der Waals surface area contributed by atoms with Crippen LogP contribution in [-0.2, 0) is 9.59 Å². The van der Waals surface area contributed by atoms with Gasteiger partial charge >= 0.3 is 0 Å². The van der Waals surface area contributed by atoms with Crippen molar-refractivity contribution in [2.75, 3.05) is 16.4 Å². The molecule has 1 unspecified atom stereocenters. The SMILES string of the molecule is CC(C(=O)Nc1cccc(NC(=O)CCSc2ccc(Br)cc2)c1)n1cccn1. The molecule has 150 valence electrons. The van der Waals surface area contributed by atoms with Gasteiger partial charge in [-0.3, -0.25) is 14.3 Å². The largest absolute Gasteiger partial charge is 0.326 e. The number of anilines is 2. The maximum absolute atomic E-state index is 12.4. The van der Waals surface area contributed by atoms with Gasteiger partial charge in [0.1, 0.15) is 6.04 Å². The summed E-state index contributed by atoms with van der Waals surface area (Å²) in [5, 5.41) is 9.82. The van der Waals surface area contributed by atoms with E-state index in [4.69, 9.17) is 0 Å². The van der Waals surface area contributed by atoms with Crippen LogP contribution in [0.1, 0.15) is 19.4 Å². The van der Waals surface area contributed by atoms with E-state index in [2.05, 4.69) is 31.7 Å². The number of benzene rings is 2. The van der Waals surface area contributed by atoms with E-state index in [1.54, 1.807) is 66.1 Å². The average molecular weight is 473 g/mol. The van der Waals surface area contributed by atoms with Crippen LogP contribution in [0.5, 0.6) is 0 Å². The number of carbonyl (C=O) groups excluding carboxylic acids is 2. The van der Waals surface area contributed by atoms with Gasteiger partial charge in [-0.25, -0.2) is 0 Å². The van der Waals surface area contributed by atoms with E-state index < -0.39 is 6.04 Å². The van der Waals surface area contributed by atoms with Gasteiger partial charge < -0.3 is 10.6 Å². The highest BCUT2D eigenvalue weighted by Gasteiger charge is 2.15. The van der Waals surface area contributed by atoms with Gasteiger partial charge in [0.2, 0.25) is 11.8 Å². The molecular formula is C21H21BrN4O2S. The molecule has 0 radical (unpaired) electrons. The molecule has 2 aromatic carbocycles. The van der Waals surface area contributed by atoms with Crippen molar-refractivity contribution in [1.29, 1.82) is 0 Å². The Morgan fingerprint density at radius 3 is 2.52 bits per heavy atom. The van der Waals surface area contributed by atoms with E-state index in [0.29, 0.717) is 23.5 Å². The molecule has 8 heteroatoms. The van der Waals surface area contributed by atoms with Crippen LogP contribution in [0.4, 0.5) is 11.4 Å². The number of rotatable bonds is 8. The Bertz CT molecular complexity index is 961. The summed E-state index contributed by atoms with van der Waals surface area (Å²) < 4.78 is 2.62. The molecule has 0 fully saturated rings. The lowest BCUT2D eigenvalue weighted by molar-refractivity contribution is -0.119. The number of nitrogens with one attached hydrogen (secondary N) is 2. The van der Waals surface area contributed by atoms with Gasteiger partial charge in [-0.05, 0) is 55.5 Å². The number of hydrogen-bond acceptors (Lipinski definition) is 4. The van der Waals surface area contributed by atoms with Crippen molar-refractivity contribution in [3.63, 3.8) is 0 Å². The second-order valence-corrected chi connectivity index (χ2v) is 8.42. The van der Waals surface area contributed by atoms with Crippen LogP contribution in [0.3, 0.4) is 0 Å². The van der Waals surface area contributed by atoms with Crippen LogP contribution in [0.15, 0.2) is 76.4 Å². The molecule has 3 aromatic rings. The zero-order chi connectivity index (χ0) is 20.6. The van der Waals surface area contributed by atoms with Crippen LogP contribution >= 0.6 is 27.7 Å². The third-order valence-electron chi connectivity index (χ3n) is 4.13. The topological polar surface area (TPSA) is 76.0 Å². The standard InChI is InChI=1S/C21H21BrN4O2S/c1-15(26-12-3-11-23-26)21(28)25-18-5-2-4-17(14-18)24-20(27)10-13-29-19-8-6-16(22)7-9-19/h2-9,11-12,14-15H,10,13H2,1H3,(H,24,27)(H,25,28). The summed E-state index contributed by atoms with van der Waals surface area (Å²) in [6, 6.07) is 16.5. The maximum atomic E-state index is 12.4. The van der Waals surface area contributed by atoms with Crippen molar-refractivity contribution in [1.82, 2.24) is 9.78 Å². The molecule has 0 bridgehead atoms. The number of thioether (sulfide) groups is 1. The lowest BCUT2D eigenvalue weighted by Crippen LogP contribution is -2.24. The van der Waals surface area contributed by atoms with E-state index in [1.165, 1.54) is 0 Å². The Balaban J connectivity index is 1.49. The lowest BCUT2D eigenvalue weighted by Gasteiger charge is -2.13. The number of aromatic nitrogens is 2. The molecule has 29 heavy (non-hydrogen) atoms. The first-order valence-electron chi connectivity index (χ1n) is 9.09. The summed E-state index contributed by atoms with van der Waals surface area (Å²) >= 11 is 5.04. The normalized spacial score (nSPS) is 11.7. The van der Waals surface area contributed by atoms with Crippen LogP contribution in [0, 0.1) is 0 Å². The van der Waals surface area contributed by atoms with Crippen LogP contribution in [-0.4, -0.2) is 27.3 Å².